The minimum Gasteiger partial charge on any atom is -0.377 e. The second-order valence-corrected chi connectivity index (χ2v) is 8.27. The zero-order valence-electron chi connectivity index (χ0n) is 18.7. The van der Waals surface area contributed by atoms with Gasteiger partial charge in [0.05, 0.1) is 31.6 Å². The van der Waals surface area contributed by atoms with E-state index in [1.807, 2.05) is 38.1 Å². The predicted molar refractivity (Wildman–Crippen MR) is 121 cm³/mol. The van der Waals surface area contributed by atoms with Crippen molar-refractivity contribution in [3.63, 3.8) is 0 Å². The molecule has 1 fully saturated rings. The third kappa shape index (κ3) is 4.31. The summed E-state index contributed by atoms with van der Waals surface area (Å²) in [4.78, 5) is 35.1. The lowest BCUT2D eigenvalue weighted by Crippen LogP contribution is -2.44. The Kier molecular flexibility index (Phi) is 6.38. The molecule has 1 aromatic carbocycles. The highest BCUT2D eigenvalue weighted by molar-refractivity contribution is 5.89. The molecule has 4 rings (SSSR count). The highest BCUT2D eigenvalue weighted by Crippen LogP contribution is 2.42. The summed E-state index contributed by atoms with van der Waals surface area (Å²) in [5, 5.41) is 5.49. The molecule has 0 spiro atoms. The number of benzene rings is 1. The summed E-state index contributed by atoms with van der Waals surface area (Å²) in [5.41, 5.74) is 2.40. The van der Waals surface area contributed by atoms with Crippen LogP contribution in [0.5, 0.6) is 0 Å². The third-order valence-corrected chi connectivity index (χ3v) is 5.87. The van der Waals surface area contributed by atoms with Gasteiger partial charge in [0, 0.05) is 36.3 Å². The molecule has 170 valence electrons. The zero-order valence-corrected chi connectivity index (χ0v) is 18.7. The number of urea groups is 1. The van der Waals surface area contributed by atoms with Crippen molar-refractivity contribution >= 4 is 23.8 Å². The van der Waals surface area contributed by atoms with Crippen molar-refractivity contribution < 1.29 is 19.1 Å². The zero-order chi connectivity index (χ0) is 22.7. The number of amides is 2. The number of anilines is 2. The van der Waals surface area contributed by atoms with Crippen molar-refractivity contribution in [1.82, 2.24) is 15.3 Å². The molecular formula is C23H29N5O4. The molecule has 2 amide bonds. The minimum absolute atomic E-state index is 0.164. The first-order valence-electron chi connectivity index (χ1n) is 10.9. The van der Waals surface area contributed by atoms with Crippen LogP contribution < -0.4 is 15.5 Å². The third-order valence-electron chi connectivity index (χ3n) is 5.87. The van der Waals surface area contributed by atoms with E-state index in [9.17, 15) is 9.59 Å². The van der Waals surface area contributed by atoms with Crippen LogP contribution in [0.25, 0.3) is 11.4 Å². The maximum absolute atomic E-state index is 11.8. The summed E-state index contributed by atoms with van der Waals surface area (Å²) in [7, 11) is 0. The molecule has 1 aromatic heterocycles. The fraction of sp³-hybridized carbons (Fsp3) is 0.478. The van der Waals surface area contributed by atoms with Crippen LogP contribution in [0, 0.1) is 0 Å². The Morgan fingerprint density at radius 1 is 1.31 bits per heavy atom. The molecule has 0 aliphatic carbocycles. The Labute approximate surface area is 187 Å². The molecule has 0 bridgehead atoms. The lowest BCUT2D eigenvalue weighted by Gasteiger charge is -2.35. The number of morpholine rings is 1. The number of nitrogens with one attached hydrogen (secondary N) is 2. The number of aromatic nitrogens is 2. The van der Waals surface area contributed by atoms with Crippen molar-refractivity contribution in [2.75, 3.05) is 36.5 Å². The lowest BCUT2D eigenvalue weighted by molar-refractivity contribution is -0.114. The van der Waals surface area contributed by atoms with Gasteiger partial charge in [-0.25, -0.2) is 14.8 Å². The maximum Gasteiger partial charge on any atom is 0.319 e. The molecule has 1 unspecified atom stereocenters. The van der Waals surface area contributed by atoms with Gasteiger partial charge in [0.2, 0.25) is 0 Å². The van der Waals surface area contributed by atoms with E-state index in [0.29, 0.717) is 37.9 Å². The molecule has 0 radical (unpaired) electrons. The van der Waals surface area contributed by atoms with Gasteiger partial charge in [-0.2, -0.15) is 0 Å². The largest absolute Gasteiger partial charge is 0.377 e. The van der Waals surface area contributed by atoms with E-state index in [4.69, 9.17) is 19.4 Å². The van der Waals surface area contributed by atoms with Gasteiger partial charge in [-0.05, 0) is 45.0 Å². The average Bonchev–Trinajstić information content (AvgIpc) is 3.11. The normalized spacial score (nSPS) is 22.3. The highest BCUT2D eigenvalue weighted by Gasteiger charge is 2.41. The van der Waals surface area contributed by atoms with Crippen molar-refractivity contribution in [2.24, 2.45) is 0 Å². The Morgan fingerprint density at radius 2 is 2.09 bits per heavy atom. The standard InChI is InChI=1S/C23H29N5O4/c1-4-24-22(30)25-17-7-5-16(6-8-17)20-26-19-18(14-32-23(19,3)9-11-29)21(27-20)28-10-12-31-13-15(28)2/h5-8,11,15H,4,9-10,12-14H2,1-3H3,(H2,24,25,30)/t15-,23?/m0/s1. The van der Waals surface area contributed by atoms with Crippen LogP contribution in [0.3, 0.4) is 0 Å². The summed E-state index contributed by atoms with van der Waals surface area (Å²) >= 11 is 0. The first kappa shape index (κ1) is 22.2. The predicted octanol–water partition coefficient (Wildman–Crippen LogP) is 2.84. The molecule has 0 saturated carbocycles. The number of carbonyl (C=O) groups is 2. The van der Waals surface area contributed by atoms with E-state index in [-0.39, 0.29) is 18.5 Å². The summed E-state index contributed by atoms with van der Waals surface area (Å²) < 4.78 is 11.7. The Morgan fingerprint density at radius 3 is 2.78 bits per heavy atom. The number of ether oxygens (including phenoxy) is 2. The number of hydrogen-bond donors (Lipinski definition) is 2. The van der Waals surface area contributed by atoms with Gasteiger partial charge in [-0.1, -0.05) is 0 Å². The number of aldehydes is 1. The van der Waals surface area contributed by atoms with Gasteiger partial charge >= 0.3 is 6.03 Å². The van der Waals surface area contributed by atoms with Gasteiger partial charge in [-0.15, -0.1) is 0 Å². The van der Waals surface area contributed by atoms with E-state index in [2.05, 4.69) is 22.5 Å². The first-order valence-corrected chi connectivity index (χ1v) is 10.9. The van der Waals surface area contributed by atoms with Crippen LogP contribution in [0.4, 0.5) is 16.3 Å². The van der Waals surface area contributed by atoms with E-state index in [1.54, 1.807) is 0 Å². The van der Waals surface area contributed by atoms with Gasteiger partial charge in [0.25, 0.3) is 0 Å². The van der Waals surface area contributed by atoms with Crippen molar-refractivity contribution in [3.05, 3.63) is 35.5 Å². The summed E-state index contributed by atoms with van der Waals surface area (Å²) in [6, 6.07) is 7.31. The summed E-state index contributed by atoms with van der Waals surface area (Å²) in [6.07, 6.45) is 1.10. The molecule has 32 heavy (non-hydrogen) atoms. The molecule has 2 aromatic rings. The van der Waals surface area contributed by atoms with Crippen molar-refractivity contribution in [1.29, 1.82) is 0 Å². The number of fused-ring (bicyclic) bond motifs is 1. The molecule has 1 saturated heterocycles. The molecule has 2 aliphatic heterocycles. The molecular weight excluding hydrogens is 410 g/mol. The quantitative estimate of drug-likeness (QED) is 0.667. The SMILES string of the molecule is CCNC(=O)Nc1ccc(-c2nc(N3CCOC[C@@H]3C)c3c(n2)C(C)(CC=O)OC3)cc1. The Balaban J connectivity index is 1.73. The second kappa shape index (κ2) is 9.22. The highest BCUT2D eigenvalue weighted by atomic mass is 16.5. The number of hydrogen-bond acceptors (Lipinski definition) is 7. The van der Waals surface area contributed by atoms with Gasteiger partial charge < -0.3 is 29.8 Å². The monoisotopic (exact) mass is 439 g/mol. The van der Waals surface area contributed by atoms with Crippen LogP contribution in [-0.2, 0) is 26.5 Å². The molecule has 3 heterocycles. The van der Waals surface area contributed by atoms with Crippen molar-refractivity contribution in [2.45, 2.75) is 45.4 Å². The van der Waals surface area contributed by atoms with Crippen LogP contribution >= 0.6 is 0 Å². The van der Waals surface area contributed by atoms with Gasteiger partial charge in [0.1, 0.15) is 17.7 Å². The smallest absolute Gasteiger partial charge is 0.319 e. The molecule has 9 nitrogen and oxygen atoms in total. The Hall–Kier alpha value is -3.04. The fourth-order valence-electron chi connectivity index (χ4n) is 4.10. The van der Waals surface area contributed by atoms with E-state index < -0.39 is 5.60 Å². The molecule has 2 atom stereocenters. The van der Waals surface area contributed by atoms with Gasteiger partial charge in [-0.3, -0.25) is 0 Å². The first-order chi connectivity index (χ1) is 15.4. The summed E-state index contributed by atoms with van der Waals surface area (Å²) in [5.74, 6) is 1.39. The van der Waals surface area contributed by atoms with E-state index in [0.717, 1.165) is 35.5 Å². The van der Waals surface area contributed by atoms with Gasteiger partial charge in [0.15, 0.2) is 5.82 Å². The maximum atomic E-state index is 11.8. The van der Waals surface area contributed by atoms with Crippen LogP contribution in [0.2, 0.25) is 0 Å². The minimum atomic E-state index is -0.779. The second-order valence-electron chi connectivity index (χ2n) is 8.27. The lowest BCUT2D eigenvalue weighted by atomic mass is 9.96. The number of carbonyl (C=O) groups excluding carboxylic acids is 2. The van der Waals surface area contributed by atoms with Crippen LogP contribution in [-0.4, -0.2) is 54.6 Å². The van der Waals surface area contributed by atoms with Crippen molar-refractivity contribution in [3.8, 4) is 11.4 Å². The average molecular weight is 440 g/mol. The molecule has 2 aliphatic rings. The fourth-order valence-corrected chi connectivity index (χ4v) is 4.10. The van der Waals surface area contributed by atoms with Crippen LogP contribution in [0.1, 0.15) is 38.4 Å². The van der Waals surface area contributed by atoms with Crippen LogP contribution in [0.15, 0.2) is 24.3 Å². The summed E-state index contributed by atoms with van der Waals surface area (Å²) in [6.45, 7) is 8.77. The number of nitrogens with zero attached hydrogens (tertiary/aromatic N) is 3. The molecule has 2 N–H and O–H groups in total. The number of rotatable bonds is 6. The van der Waals surface area contributed by atoms with E-state index in [1.165, 1.54) is 0 Å². The molecule has 9 heteroatoms. The Bertz CT molecular complexity index is 997. The van der Waals surface area contributed by atoms with E-state index >= 15 is 0 Å². The topological polar surface area (TPSA) is 106 Å².